The molecule has 0 spiro atoms. The second-order valence-corrected chi connectivity index (χ2v) is 7.64. The first-order valence-corrected chi connectivity index (χ1v) is 10.0. The highest BCUT2D eigenvalue weighted by atomic mass is 79.9. The zero-order valence-corrected chi connectivity index (χ0v) is 18.0. The first kappa shape index (κ1) is 20.5. The first-order valence-electron chi connectivity index (χ1n) is 9.22. The zero-order chi connectivity index (χ0) is 20.1. The highest BCUT2D eigenvalue weighted by Crippen LogP contribution is 2.25. The summed E-state index contributed by atoms with van der Waals surface area (Å²) in [5, 5.41) is 0. The predicted octanol–water partition coefficient (Wildman–Crippen LogP) is 2.02. The van der Waals surface area contributed by atoms with E-state index in [4.69, 9.17) is 14.2 Å². The molecule has 2 aromatic rings. The van der Waals surface area contributed by atoms with Crippen LogP contribution < -0.4 is 19.1 Å². The number of carbonyl (C=O) groups is 1. The van der Waals surface area contributed by atoms with Crippen molar-refractivity contribution in [2.24, 2.45) is 0 Å². The average Bonchev–Trinajstić information content (AvgIpc) is 2.73. The maximum Gasteiger partial charge on any atom is 0.254 e. The molecule has 1 heterocycles. The Balaban J connectivity index is 1.60. The molecule has 3 rings (SSSR count). The molecule has 1 N–H and O–H groups in total. The Labute approximate surface area is 174 Å². The van der Waals surface area contributed by atoms with Gasteiger partial charge >= 0.3 is 0 Å². The number of carbonyl (C=O) groups excluding carboxylic acids is 1. The van der Waals surface area contributed by atoms with E-state index in [1.807, 2.05) is 11.0 Å². The molecule has 2 aromatic carbocycles. The van der Waals surface area contributed by atoms with Gasteiger partial charge in [-0.3, -0.25) is 4.79 Å². The van der Waals surface area contributed by atoms with Crippen LogP contribution in [-0.4, -0.2) is 58.3 Å². The SMILES string of the molecule is COc1cc(OC)cc(C(=O)N2CC[NH+](Cc3ccc(OC)c(Br)c3)CC2)c1. The van der Waals surface area contributed by atoms with E-state index in [9.17, 15) is 4.79 Å². The lowest BCUT2D eigenvalue weighted by atomic mass is 10.1. The number of nitrogens with zero attached hydrogens (tertiary/aromatic N) is 1. The van der Waals surface area contributed by atoms with Gasteiger partial charge in [0.15, 0.2) is 0 Å². The van der Waals surface area contributed by atoms with Crippen molar-refractivity contribution >= 4 is 21.8 Å². The van der Waals surface area contributed by atoms with Crippen LogP contribution in [0.3, 0.4) is 0 Å². The molecule has 150 valence electrons. The second kappa shape index (κ2) is 9.30. The summed E-state index contributed by atoms with van der Waals surface area (Å²) >= 11 is 3.54. The number of amides is 1. The number of halogens is 1. The van der Waals surface area contributed by atoms with Crippen LogP contribution in [0.5, 0.6) is 17.2 Å². The van der Waals surface area contributed by atoms with E-state index in [1.165, 1.54) is 10.5 Å². The molecule has 0 bridgehead atoms. The highest BCUT2D eigenvalue weighted by molar-refractivity contribution is 9.10. The molecular formula is C21H26BrN2O4+. The highest BCUT2D eigenvalue weighted by Gasteiger charge is 2.25. The molecule has 0 aromatic heterocycles. The van der Waals surface area contributed by atoms with Crippen molar-refractivity contribution < 1.29 is 23.9 Å². The number of hydrogen-bond donors (Lipinski definition) is 1. The van der Waals surface area contributed by atoms with Crippen LogP contribution in [0.1, 0.15) is 15.9 Å². The Morgan fingerprint density at radius 1 is 1.00 bits per heavy atom. The maximum atomic E-state index is 12.9. The lowest BCUT2D eigenvalue weighted by Gasteiger charge is -2.32. The van der Waals surface area contributed by atoms with Crippen LogP contribution in [-0.2, 0) is 6.54 Å². The second-order valence-electron chi connectivity index (χ2n) is 6.79. The van der Waals surface area contributed by atoms with E-state index in [0.717, 1.165) is 42.9 Å². The lowest BCUT2D eigenvalue weighted by Crippen LogP contribution is -3.13. The molecule has 1 aliphatic heterocycles. The van der Waals surface area contributed by atoms with Crippen LogP contribution in [0.4, 0.5) is 0 Å². The fraction of sp³-hybridized carbons (Fsp3) is 0.381. The Morgan fingerprint density at radius 3 is 2.18 bits per heavy atom. The monoisotopic (exact) mass is 449 g/mol. The summed E-state index contributed by atoms with van der Waals surface area (Å²) in [6, 6.07) is 11.5. The van der Waals surface area contributed by atoms with Gasteiger partial charge < -0.3 is 24.0 Å². The minimum Gasteiger partial charge on any atom is -0.497 e. The Morgan fingerprint density at radius 2 is 1.64 bits per heavy atom. The summed E-state index contributed by atoms with van der Waals surface area (Å²) in [5.41, 5.74) is 1.85. The molecule has 7 heteroatoms. The molecule has 1 saturated heterocycles. The fourth-order valence-electron chi connectivity index (χ4n) is 3.42. The first-order chi connectivity index (χ1) is 13.5. The third-order valence-electron chi connectivity index (χ3n) is 5.03. The van der Waals surface area contributed by atoms with Gasteiger partial charge in [-0.25, -0.2) is 0 Å². The van der Waals surface area contributed by atoms with Gasteiger partial charge in [0.2, 0.25) is 0 Å². The van der Waals surface area contributed by atoms with Gasteiger partial charge in [-0.05, 0) is 46.3 Å². The van der Waals surface area contributed by atoms with E-state index in [0.29, 0.717) is 17.1 Å². The topological polar surface area (TPSA) is 52.4 Å². The number of nitrogens with one attached hydrogen (secondary N) is 1. The molecule has 0 saturated carbocycles. The largest absolute Gasteiger partial charge is 0.497 e. The number of methoxy groups -OCH3 is 3. The Kier molecular flexibility index (Phi) is 6.80. The van der Waals surface area contributed by atoms with E-state index >= 15 is 0 Å². The van der Waals surface area contributed by atoms with Crippen molar-refractivity contribution in [3.05, 3.63) is 52.0 Å². The molecule has 1 amide bonds. The van der Waals surface area contributed by atoms with Crippen molar-refractivity contribution in [2.45, 2.75) is 6.54 Å². The van der Waals surface area contributed by atoms with Crippen molar-refractivity contribution in [3.8, 4) is 17.2 Å². The van der Waals surface area contributed by atoms with Gasteiger partial charge in [-0.1, -0.05) is 0 Å². The minimum atomic E-state index is 0.0171. The molecule has 1 aliphatic rings. The summed E-state index contributed by atoms with van der Waals surface area (Å²) in [6.45, 7) is 4.21. The Hall–Kier alpha value is -2.25. The summed E-state index contributed by atoms with van der Waals surface area (Å²) in [6.07, 6.45) is 0. The van der Waals surface area contributed by atoms with E-state index in [2.05, 4.69) is 28.1 Å². The molecule has 6 nitrogen and oxygen atoms in total. The third-order valence-corrected chi connectivity index (χ3v) is 5.65. The van der Waals surface area contributed by atoms with Crippen LogP contribution in [0.15, 0.2) is 40.9 Å². The smallest absolute Gasteiger partial charge is 0.254 e. The van der Waals surface area contributed by atoms with Gasteiger partial charge in [-0.15, -0.1) is 0 Å². The van der Waals surface area contributed by atoms with Crippen LogP contribution in [0.2, 0.25) is 0 Å². The van der Waals surface area contributed by atoms with Crippen molar-refractivity contribution in [1.82, 2.24) is 4.90 Å². The molecule has 0 atom stereocenters. The molecular weight excluding hydrogens is 424 g/mol. The van der Waals surface area contributed by atoms with Gasteiger partial charge in [-0.2, -0.15) is 0 Å². The average molecular weight is 450 g/mol. The standard InChI is InChI=1S/C21H25BrN2O4/c1-26-17-11-16(12-18(13-17)27-2)21(25)24-8-6-23(7-9-24)14-15-4-5-20(28-3)19(22)10-15/h4-5,10-13H,6-9,14H2,1-3H3/p+1. The quantitative estimate of drug-likeness (QED) is 0.732. The Bertz CT molecular complexity index is 813. The van der Waals surface area contributed by atoms with E-state index in [1.54, 1.807) is 39.5 Å². The number of benzene rings is 2. The zero-order valence-electron chi connectivity index (χ0n) is 16.5. The number of quaternary nitrogens is 1. The molecule has 28 heavy (non-hydrogen) atoms. The summed E-state index contributed by atoms with van der Waals surface area (Å²) in [4.78, 5) is 16.3. The van der Waals surface area contributed by atoms with Crippen LogP contribution >= 0.6 is 15.9 Å². The summed E-state index contributed by atoms with van der Waals surface area (Å²) in [5.74, 6) is 2.10. The molecule has 0 unspecified atom stereocenters. The van der Waals surface area contributed by atoms with Gasteiger partial charge in [0.1, 0.15) is 23.8 Å². The van der Waals surface area contributed by atoms with Crippen molar-refractivity contribution in [1.29, 1.82) is 0 Å². The molecule has 0 radical (unpaired) electrons. The maximum absolute atomic E-state index is 12.9. The number of ether oxygens (including phenoxy) is 3. The lowest BCUT2D eigenvalue weighted by molar-refractivity contribution is -0.917. The predicted molar refractivity (Wildman–Crippen MR) is 111 cm³/mol. The normalized spacial score (nSPS) is 14.6. The minimum absolute atomic E-state index is 0.0171. The van der Waals surface area contributed by atoms with Crippen LogP contribution in [0, 0.1) is 0 Å². The van der Waals surface area contributed by atoms with Gasteiger partial charge in [0, 0.05) is 17.2 Å². The van der Waals surface area contributed by atoms with Gasteiger partial charge in [0.25, 0.3) is 5.91 Å². The van der Waals surface area contributed by atoms with Crippen LogP contribution in [0.25, 0.3) is 0 Å². The molecule has 1 fully saturated rings. The number of rotatable bonds is 6. The van der Waals surface area contributed by atoms with Gasteiger partial charge in [0.05, 0.1) is 52.0 Å². The number of hydrogen-bond acceptors (Lipinski definition) is 4. The van der Waals surface area contributed by atoms with Crippen molar-refractivity contribution in [3.63, 3.8) is 0 Å². The molecule has 0 aliphatic carbocycles. The van der Waals surface area contributed by atoms with Crippen molar-refractivity contribution in [2.75, 3.05) is 47.5 Å². The summed E-state index contributed by atoms with van der Waals surface area (Å²) < 4.78 is 16.8. The number of piperazine rings is 1. The summed E-state index contributed by atoms with van der Waals surface area (Å²) in [7, 11) is 4.84. The van der Waals surface area contributed by atoms with E-state index < -0.39 is 0 Å². The fourth-order valence-corrected chi connectivity index (χ4v) is 4.01. The van der Waals surface area contributed by atoms with E-state index in [-0.39, 0.29) is 5.91 Å². The third kappa shape index (κ3) is 4.77.